The fourth-order valence-corrected chi connectivity index (χ4v) is 9.52. The van der Waals surface area contributed by atoms with Crippen molar-refractivity contribution in [1.82, 2.24) is 9.80 Å². The molecule has 7 rings (SSSR count). The molecule has 4 bridgehead atoms. The molecule has 2 aromatic carbocycles. The Bertz CT molecular complexity index is 1250. The number of thiol groups is 1. The second-order valence-electron chi connectivity index (χ2n) is 11.3. The van der Waals surface area contributed by atoms with E-state index in [-0.39, 0.29) is 0 Å². The fourth-order valence-electron chi connectivity index (χ4n) is 7.67. The fraction of sp³-hybridized carbons (Fsp3) is 0.586. The summed E-state index contributed by atoms with van der Waals surface area (Å²) in [6.45, 7) is 11.8. The molecule has 4 saturated heterocycles. The molecule has 5 heterocycles. The van der Waals surface area contributed by atoms with E-state index in [1.807, 2.05) is 0 Å². The van der Waals surface area contributed by atoms with Gasteiger partial charge < -0.3 is 9.80 Å². The molecule has 0 amide bonds. The van der Waals surface area contributed by atoms with E-state index in [2.05, 4.69) is 76.1 Å². The van der Waals surface area contributed by atoms with Gasteiger partial charge in [-0.15, -0.1) is 0 Å². The largest absolute Gasteiger partial charge is 0.363 e. The Morgan fingerprint density at radius 3 is 1.80 bits per heavy atom. The van der Waals surface area contributed by atoms with E-state index in [4.69, 9.17) is 4.99 Å². The van der Waals surface area contributed by atoms with Gasteiger partial charge >= 0.3 is 0 Å². The molecule has 35 heavy (non-hydrogen) atoms. The summed E-state index contributed by atoms with van der Waals surface area (Å²) in [5.74, 6) is 0. The number of hydrogen-bond acceptors (Lipinski definition) is 5. The smallest absolute Gasteiger partial charge is 0.144 e. The molecule has 0 saturated carbocycles. The van der Waals surface area contributed by atoms with Crippen molar-refractivity contribution in [1.29, 1.82) is 0 Å². The van der Waals surface area contributed by atoms with Crippen LogP contribution in [0.25, 0.3) is 0 Å². The molecule has 4 fully saturated rings. The minimum atomic E-state index is -0.406. The van der Waals surface area contributed by atoms with Crippen molar-refractivity contribution in [3.63, 3.8) is 0 Å². The lowest BCUT2D eigenvalue weighted by Crippen LogP contribution is -2.53. The number of benzene rings is 2. The molecule has 0 radical (unpaired) electrons. The van der Waals surface area contributed by atoms with Crippen molar-refractivity contribution in [2.24, 2.45) is 4.99 Å². The maximum Gasteiger partial charge on any atom is 0.144 e. The Labute approximate surface area is 212 Å². The monoisotopic (exact) mass is 490 g/mol. The summed E-state index contributed by atoms with van der Waals surface area (Å²) in [5.41, 5.74) is 4.06. The first-order chi connectivity index (χ1) is 17.1. The predicted octanol–water partition coefficient (Wildman–Crippen LogP) is 3.59. The van der Waals surface area contributed by atoms with E-state index in [1.54, 1.807) is 0 Å². The zero-order valence-corrected chi connectivity index (χ0v) is 22.4. The van der Waals surface area contributed by atoms with Crippen molar-refractivity contribution >= 4 is 27.5 Å². The highest BCUT2D eigenvalue weighted by molar-refractivity contribution is 7.88. The van der Waals surface area contributed by atoms with Gasteiger partial charge in [0.25, 0.3) is 0 Å². The van der Waals surface area contributed by atoms with E-state index in [9.17, 15) is 0 Å². The molecule has 0 N–H and O–H groups in total. The first kappa shape index (κ1) is 22.3. The van der Waals surface area contributed by atoms with Crippen LogP contribution in [0.5, 0.6) is 0 Å². The van der Waals surface area contributed by atoms with Gasteiger partial charge in [-0.25, -0.2) is 4.99 Å². The van der Waals surface area contributed by atoms with Gasteiger partial charge in [0.1, 0.15) is 20.5 Å². The van der Waals surface area contributed by atoms with Crippen molar-refractivity contribution in [2.75, 3.05) is 55.3 Å². The number of piperazine rings is 2. The first-order valence-electron chi connectivity index (χ1n) is 13.9. The van der Waals surface area contributed by atoms with Gasteiger partial charge in [-0.1, -0.05) is 24.3 Å². The lowest BCUT2D eigenvalue weighted by Gasteiger charge is -2.42. The molecule has 0 aliphatic carbocycles. The minimum absolute atomic E-state index is 0.406. The van der Waals surface area contributed by atoms with Crippen LogP contribution >= 0.6 is 0 Å². The van der Waals surface area contributed by atoms with Gasteiger partial charge in [-0.2, -0.15) is 0 Å². The quantitative estimate of drug-likeness (QED) is 0.372. The number of likely N-dealkylation sites (N-methyl/N-ethyl adjacent to an activating group) is 2. The SMILES string of the molecule is CCN1CC2CC[C@H](C1)N2c1ccc2c(c1)[SH+](C)=c1cc(N3[C@@H]4CC[C@H]3CN(CC)C4)ccc1=N2. The van der Waals surface area contributed by atoms with Crippen LogP contribution in [0.1, 0.15) is 39.5 Å². The van der Waals surface area contributed by atoms with E-state index in [0.29, 0.717) is 24.2 Å². The van der Waals surface area contributed by atoms with E-state index >= 15 is 0 Å². The summed E-state index contributed by atoms with van der Waals surface area (Å²) in [4.78, 5) is 17.4. The van der Waals surface area contributed by atoms with E-state index in [0.717, 1.165) is 0 Å². The molecular weight excluding hydrogens is 450 g/mol. The summed E-state index contributed by atoms with van der Waals surface area (Å²) in [5, 5.41) is 1.19. The van der Waals surface area contributed by atoms with Crippen molar-refractivity contribution in [2.45, 2.75) is 68.6 Å². The van der Waals surface area contributed by atoms with Crippen LogP contribution in [0.4, 0.5) is 17.1 Å². The van der Waals surface area contributed by atoms with Crippen molar-refractivity contribution < 1.29 is 0 Å². The van der Waals surface area contributed by atoms with E-state index < -0.39 is 10.5 Å². The Morgan fingerprint density at radius 2 is 1.26 bits per heavy atom. The minimum Gasteiger partial charge on any atom is -0.363 e. The van der Waals surface area contributed by atoms with Gasteiger partial charge in [-0.05, 0) is 63.0 Å². The lowest BCUT2D eigenvalue weighted by atomic mass is 10.1. The van der Waals surface area contributed by atoms with Gasteiger partial charge in [0.05, 0.1) is 6.26 Å². The third-order valence-electron chi connectivity index (χ3n) is 9.49. The van der Waals surface area contributed by atoms with Crippen LogP contribution in [0.3, 0.4) is 0 Å². The molecular formula is C29H40N5S+. The molecule has 5 nitrogen and oxygen atoms in total. The zero-order valence-electron chi connectivity index (χ0n) is 21.5. The van der Waals surface area contributed by atoms with Gasteiger partial charge in [0, 0.05) is 73.9 Å². The van der Waals surface area contributed by atoms with Crippen molar-refractivity contribution in [3.8, 4) is 0 Å². The molecule has 6 heteroatoms. The van der Waals surface area contributed by atoms with Gasteiger partial charge in [0.2, 0.25) is 0 Å². The first-order valence-corrected chi connectivity index (χ1v) is 15.7. The van der Waals surface area contributed by atoms with Crippen LogP contribution in [0, 0.1) is 4.51 Å². The molecule has 186 valence electrons. The molecule has 5 aliphatic rings. The van der Waals surface area contributed by atoms with E-state index in [1.165, 1.54) is 96.8 Å². The molecule has 5 atom stereocenters. The number of rotatable bonds is 4. The van der Waals surface area contributed by atoms with Gasteiger partial charge in [0.15, 0.2) is 0 Å². The van der Waals surface area contributed by atoms with Gasteiger partial charge in [-0.3, -0.25) is 9.80 Å². The third-order valence-corrected chi connectivity index (χ3v) is 11.6. The number of fused-ring (bicyclic) bond motifs is 6. The third kappa shape index (κ3) is 3.59. The lowest BCUT2D eigenvalue weighted by molar-refractivity contribution is 0.230. The maximum absolute atomic E-state index is 5.15. The Balaban J connectivity index is 1.24. The standard InChI is InChI=1S/C29H39N5S/c1-4-31-16-22-6-7-23(17-31)33(22)20-10-12-26-28(14-20)35(3)29-15-21(11-13-27(29)30-26)34-24-8-9-25(34)19-32(5-2)18-24/h10-15,22-25H,4-9,16-19H2,1-3H3/p+1/t22-,23+,24-,25?,35?/m1/s1. The Morgan fingerprint density at radius 1 is 0.743 bits per heavy atom. The second-order valence-corrected chi connectivity index (χ2v) is 13.4. The highest BCUT2D eigenvalue weighted by Gasteiger charge is 2.41. The highest BCUT2D eigenvalue weighted by Crippen LogP contribution is 2.39. The zero-order chi connectivity index (χ0) is 23.7. The number of nitrogens with zero attached hydrogens (tertiary/aromatic N) is 5. The summed E-state index contributed by atoms with van der Waals surface area (Å²) in [6.07, 6.45) is 7.81. The van der Waals surface area contributed by atoms with Crippen LogP contribution < -0.4 is 15.2 Å². The number of likely N-dealkylation sites (tertiary alicyclic amines) is 2. The topological polar surface area (TPSA) is 25.3 Å². The molecule has 5 aliphatic heterocycles. The predicted molar refractivity (Wildman–Crippen MR) is 148 cm³/mol. The summed E-state index contributed by atoms with van der Waals surface area (Å²) < 4.78 is 1.47. The second kappa shape index (κ2) is 8.60. The van der Waals surface area contributed by atoms with Crippen LogP contribution in [0.15, 0.2) is 46.3 Å². The summed E-state index contributed by atoms with van der Waals surface area (Å²) >= 11 is 0. The maximum atomic E-state index is 5.15. The van der Waals surface area contributed by atoms with Crippen molar-refractivity contribution in [3.05, 3.63) is 46.3 Å². The average molecular weight is 491 g/mol. The Hall–Kier alpha value is -1.89. The Kier molecular flexibility index (Phi) is 5.48. The molecule has 0 spiro atoms. The average Bonchev–Trinajstić information content (AvgIpc) is 3.31. The number of anilines is 2. The molecule has 2 aromatic rings. The summed E-state index contributed by atoms with van der Waals surface area (Å²) in [7, 11) is -0.406. The summed E-state index contributed by atoms with van der Waals surface area (Å²) in [6, 6.07) is 17.0. The van der Waals surface area contributed by atoms with Crippen LogP contribution in [-0.4, -0.2) is 79.5 Å². The highest BCUT2D eigenvalue weighted by atomic mass is 32.2. The number of hydrogen-bond donors (Lipinski definition) is 0. The van der Waals surface area contributed by atoms with Crippen LogP contribution in [0.2, 0.25) is 0 Å². The van der Waals surface area contributed by atoms with Crippen LogP contribution in [-0.2, 0) is 10.5 Å². The normalized spacial score (nSPS) is 31.9. The molecule has 0 aromatic heterocycles. The molecule has 2 unspecified atom stereocenters.